The summed E-state index contributed by atoms with van der Waals surface area (Å²) in [5.74, 6) is 0.279. The molecule has 2 rings (SSSR count). The number of hydrogen-bond acceptors (Lipinski definition) is 3. The van der Waals surface area contributed by atoms with Crippen LogP contribution in [0.1, 0.15) is 31.0 Å². The molecule has 0 aliphatic rings. The maximum atomic E-state index is 13.6. The first-order chi connectivity index (χ1) is 10.2. The molecule has 2 aromatic carbocycles. The maximum Gasteiger partial charge on any atom is 0.143 e. The van der Waals surface area contributed by atoms with E-state index in [-0.39, 0.29) is 11.6 Å². The molecule has 0 fully saturated rings. The van der Waals surface area contributed by atoms with Gasteiger partial charge in [0.15, 0.2) is 0 Å². The highest BCUT2D eigenvalue weighted by Crippen LogP contribution is 2.25. The highest BCUT2D eigenvalue weighted by Gasteiger charge is 2.12. The number of anilines is 1. The smallest absolute Gasteiger partial charge is 0.143 e. The van der Waals surface area contributed by atoms with Gasteiger partial charge in [-0.2, -0.15) is 5.26 Å². The molecule has 0 bridgehead atoms. The van der Waals surface area contributed by atoms with Crippen molar-refractivity contribution in [3.63, 3.8) is 0 Å². The van der Waals surface area contributed by atoms with Crippen molar-refractivity contribution in [3.05, 3.63) is 59.4 Å². The zero-order valence-corrected chi connectivity index (χ0v) is 12.1. The Morgan fingerprint density at radius 1 is 1.29 bits per heavy atom. The largest absolute Gasteiger partial charge is 0.494 e. The molecule has 3 nitrogen and oxygen atoms in total. The van der Waals surface area contributed by atoms with Gasteiger partial charge in [-0.25, -0.2) is 4.39 Å². The number of nitriles is 1. The minimum atomic E-state index is -0.516. The molecule has 0 saturated heterocycles. The molecule has 0 radical (unpaired) electrons. The van der Waals surface area contributed by atoms with Crippen molar-refractivity contribution in [1.82, 2.24) is 0 Å². The SMILES string of the molecule is CCOc1cccc(C(C)Nc2cccc(F)c2C#N)c1. The average Bonchev–Trinajstić information content (AvgIpc) is 2.48. The lowest BCUT2D eigenvalue weighted by atomic mass is 10.1. The van der Waals surface area contributed by atoms with Crippen molar-refractivity contribution in [2.45, 2.75) is 19.9 Å². The highest BCUT2D eigenvalue weighted by molar-refractivity contribution is 5.59. The van der Waals surface area contributed by atoms with Gasteiger partial charge in [-0.1, -0.05) is 18.2 Å². The topological polar surface area (TPSA) is 45.0 Å². The molecule has 0 aliphatic carbocycles. The molecule has 0 aromatic heterocycles. The Bertz CT molecular complexity index is 664. The Morgan fingerprint density at radius 2 is 2.05 bits per heavy atom. The van der Waals surface area contributed by atoms with Crippen LogP contribution in [-0.4, -0.2) is 6.61 Å². The van der Waals surface area contributed by atoms with Gasteiger partial charge in [0.05, 0.1) is 12.3 Å². The minimum Gasteiger partial charge on any atom is -0.494 e. The standard InChI is InChI=1S/C17H17FN2O/c1-3-21-14-7-4-6-13(10-14)12(2)20-17-9-5-8-16(18)15(17)11-19/h4-10,12,20H,3H2,1-2H3. The van der Waals surface area contributed by atoms with Gasteiger partial charge >= 0.3 is 0 Å². The van der Waals surface area contributed by atoms with E-state index in [4.69, 9.17) is 10.00 Å². The van der Waals surface area contributed by atoms with Gasteiger partial charge in [0.2, 0.25) is 0 Å². The van der Waals surface area contributed by atoms with Crippen molar-refractivity contribution in [1.29, 1.82) is 5.26 Å². The second-order valence-electron chi connectivity index (χ2n) is 4.65. The van der Waals surface area contributed by atoms with E-state index in [1.165, 1.54) is 6.07 Å². The van der Waals surface area contributed by atoms with Gasteiger partial charge in [-0.05, 0) is 43.7 Å². The van der Waals surface area contributed by atoms with Crippen LogP contribution in [0, 0.1) is 17.1 Å². The van der Waals surface area contributed by atoms with E-state index in [9.17, 15) is 4.39 Å². The van der Waals surface area contributed by atoms with E-state index in [0.29, 0.717) is 12.3 Å². The Hall–Kier alpha value is -2.54. The molecule has 0 spiro atoms. The average molecular weight is 284 g/mol. The Morgan fingerprint density at radius 3 is 2.76 bits per heavy atom. The fourth-order valence-corrected chi connectivity index (χ4v) is 2.11. The molecule has 0 amide bonds. The van der Waals surface area contributed by atoms with Crippen LogP contribution in [0.3, 0.4) is 0 Å². The summed E-state index contributed by atoms with van der Waals surface area (Å²) in [6.45, 7) is 4.49. The lowest BCUT2D eigenvalue weighted by Gasteiger charge is -2.17. The number of nitrogens with zero attached hydrogens (tertiary/aromatic N) is 1. The predicted octanol–water partition coefficient (Wildman–Crippen LogP) is 4.27. The molecule has 1 atom stereocenters. The molecule has 1 unspecified atom stereocenters. The lowest BCUT2D eigenvalue weighted by Crippen LogP contribution is -2.08. The third-order valence-electron chi connectivity index (χ3n) is 3.17. The molecule has 21 heavy (non-hydrogen) atoms. The molecule has 2 aromatic rings. The van der Waals surface area contributed by atoms with Crippen molar-refractivity contribution >= 4 is 5.69 Å². The van der Waals surface area contributed by atoms with Crippen LogP contribution in [0.5, 0.6) is 5.75 Å². The first-order valence-corrected chi connectivity index (χ1v) is 6.83. The zero-order valence-electron chi connectivity index (χ0n) is 12.1. The summed E-state index contributed by atoms with van der Waals surface area (Å²) in [5, 5.41) is 12.2. The Kier molecular flexibility index (Phi) is 4.78. The first-order valence-electron chi connectivity index (χ1n) is 6.83. The van der Waals surface area contributed by atoms with Gasteiger partial charge in [0.1, 0.15) is 23.2 Å². The molecule has 0 aliphatic heterocycles. The predicted molar refractivity (Wildman–Crippen MR) is 80.8 cm³/mol. The van der Waals surface area contributed by atoms with E-state index >= 15 is 0 Å². The van der Waals surface area contributed by atoms with Crippen molar-refractivity contribution < 1.29 is 9.13 Å². The normalized spacial score (nSPS) is 11.5. The van der Waals surface area contributed by atoms with Gasteiger partial charge in [-0.15, -0.1) is 0 Å². The monoisotopic (exact) mass is 284 g/mol. The van der Waals surface area contributed by atoms with Crippen molar-refractivity contribution in [2.24, 2.45) is 0 Å². The third kappa shape index (κ3) is 3.51. The quantitative estimate of drug-likeness (QED) is 0.891. The fraction of sp³-hybridized carbons (Fsp3) is 0.235. The van der Waals surface area contributed by atoms with Gasteiger partial charge in [-0.3, -0.25) is 0 Å². The molecule has 0 heterocycles. The summed E-state index contributed by atoms with van der Waals surface area (Å²) in [4.78, 5) is 0. The third-order valence-corrected chi connectivity index (χ3v) is 3.17. The molecular weight excluding hydrogens is 267 g/mol. The van der Waals surface area contributed by atoms with E-state index in [2.05, 4.69) is 5.32 Å². The number of benzene rings is 2. The molecule has 4 heteroatoms. The number of ether oxygens (including phenoxy) is 1. The fourth-order valence-electron chi connectivity index (χ4n) is 2.11. The summed E-state index contributed by atoms with van der Waals surface area (Å²) in [6, 6.07) is 14.1. The second kappa shape index (κ2) is 6.76. The zero-order chi connectivity index (χ0) is 15.2. The van der Waals surface area contributed by atoms with Crippen LogP contribution in [0.2, 0.25) is 0 Å². The summed E-state index contributed by atoms with van der Waals surface area (Å²) in [7, 11) is 0. The van der Waals surface area contributed by atoms with E-state index in [1.807, 2.05) is 44.2 Å². The molecular formula is C17H17FN2O. The number of rotatable bonds is 5. The van der Waals surface area contributed by atoms with Crippen LogP contribution in [0.25, 0.3) is 0 Å². The van der Waals surface area contributed by atoms with Crippen LogP contribution in [-0.2, 0) is 0 Å². The van der Waals surface area contributed by atoms with E-state index in [1.54, 1.807) is 12.1 Å². The highest BCUT2D eigenvalue weighted by atomic mass is 19.1. The molecule has 108 valence electrons. The summed E-state index contributed by atoms with van der Waals surface area (Å²) in [6.07, 6.45) is 0. The van der Waals surface area contributed by atoms with Gasteiger partial charge in [0.25, 0.3) is 0 Å². The summed E-state index contributed by atoms with van der Waals surface area (Å²) in [5.41, 5.74) is 1.53. The number of hydrogen-bond donors (Lipinski definition) is 1. The Labute approximate surface area is 124 Å². The first kappa shape index (κ1) is 14.9. The second-order valence-corrected chi connectivity index (χ2v) is 4.65. The Balaban J connectivity index is 2.22. The van der Waals surface area contributed by atoms with Gasteiger partial charge < -0.3 is 10.1 Å². The summed E-state index contributed by atoms with van der Waals surface area (Å²) >= 11 is 0. The lowest BCUT2D eigenvalue weighted by molar-refractivity contribution is 0.340. The van der Waals surface area contributed by atoms with Crippen LogP contribution in [0.15, 0.2) is 42.5 Å². The number of nitrogens with one attached hydrogen (secondary N) is 1. The van der Waals surface area contributed by atoms with Crippen LogP contribution in [0.4, 0.5) is 10.1 Å². The maximum absolute atomic E-state index is 13.6. The molecule has 1 N–H and O–H groups in total. The summed E-state index contributed by atoms with van der Waals surface area (Å²) < 4.78 is 19.1. The van der Waals surface area contributed by atoms with Crippen LogP contribution < -0.4 is 10.1 Å². The van der Waals surface area contributed by atoms with E-state index in [0.717, 1.165) is 11.3 Å². The van der Waals surface area contributed by atoms with Crippen molar-refractivity contribution in [2.75, 3.05) is 11.9 Å². The minimum absolute atomic E-state index is 0.0327. The molecule has 0 saturated carbocycles. The van der Waals surface area contributed by atoms with Crippen molar-refractivity contribution in [3.8, 4) is 11.8 Å². The van der Waals surface area contributed by atoms with Gasteiger partial charge in [0, 0.05) is 6.04 Å². The van der Waals surface area contributed by atoms with E-state index < -0.39 is 5.82 Å². The number of halogens is 1. The van der Waals surface area contributed by atoms with Crippen LogP contribution >= 0.6 is 0 Å².